The first-order valence-corrected chi connectivity index (χ1v) is 11.6. The molecule has 0 amide bonds. The van der Waals surface area contributed by atoms with Crippen molar-refractivity contribution in [3.63, 3.8) is 0 Å². The summed E-state index contributed by atoms with van der Waals surface area (Å²) in [7, 11) is 0. The van der Waals surface area contributed by atoms with Crippen LogP contribution in [0.3, 0.4) is 0 Å². The molecule has 0 atom stereocenters. The zero-order valence-corrected chi connectivity index (χ0v) is 18.1. The standard InChI is InChI=1S/C28H23ClN2/c29-16-18-13-20-10-11-24-23-7-3-1-5-19(23)9-12-25(24)28(20)22(14-18)15-27-30-17-21-6-2-4-8-26(21)31-27/h2-4,6-8,10-11,13-14,17H,1,5,9,12,15-16H2. The summed E-state index contributed by atoms with van der Waals surface area (Å²) in [5, 5.41) is 3.72. The molecule has 1 heterocycles. The Morgan fingerprint density at radius 3 is 2.81 bits per heavy atom. The number of aromatic nitrogens is 2. The van der Waals surface area contributed by atoms with E-state index in [1.54, 1.807) is 5.57 Å². The van der Waals surface area contributed by atoms with Gasteiger partial charge in [-0.05, 0) is 76.4 Å². The summed E-state index contributed by atoms with van der Waals surface area (Å²) >= 11 is 6.27. The fraction of sp³-hybridized carbons (Fsp3) is 0.214. The summed E-state index contributed by atoms with van der Waals surface area (Å²) in [5.74, 6) is 1.37. The van der Waals surface area contributed by atoms with Crippen LogP contribution in [0.25, 0.3) is 27.2 Å². The predicted octanol–water partition coefficient (Wildman–Crippen LogP) is 7.16. The van der Waals surface area contributed by atoms with E-state index in [9.17, 15) is 0 Å². The molecule has 4 aromatic rings. The SMILES string of the molecule is ClCc1cc(Cc2ncc3ccccc3n2)c2c3c(ccc2c1)C1=C(CCC=C1)CC3. The molecule has 2 aliphatic carbocycles. The highest BCUT2D eigenvalue weighted by Gasteiger charge is 2.22. The summed E-state index contributed by atoms with van der Waals surface area (Å²) in [6, 6.07) is 17.3. The molecule has 6 rings (SSSR count). The second-order valence-electron chi connectivity index (χ2n) is 8.56. The highest BCUT2D eigenvalue weighted by molar-refractivity contribution is 6.17. The van der Waals surface area contributed by atoms with E-state index in [1.165, 1.54) is 45.9 Å². The number of alkyl halides is 1. The summed E-state index contributed by atoms with van der Waals surface area (Å²) in [4.78, 5) is 9.52. The van der Waals surface area contributed by atoms with Gasteiger partial charge in [0, 0.05) is 23.9 Å². The van der Waals surface area contributed by atoms with Crippen molar-refractivity contribution in [2.45, 2.75) is 38.0 Å². The van der Waals surface area contributed by atoms with Gasteiger partial charge >= 0.3 is 0 Å². The van der Waals surface area contributed by atoms with E-state index in [4.69, 9.17) is 16.6 Å². The van der Waals surface area contributed by atoms with Crippen LogP contribution < -0.4 is 0 Å². The van der Waals surface area contributed by atoms with E-state index in [2.05, 4.69) is 53.5 Å². The van der Waals surface area contributed by atoms with Gasteiger partial charge in [0.2, 0.25) is 0 Å². The van der Waals surface area contributed by atoms with Crippen LogP contribution in [0.5, 0.6) is 0 Å². The Balaban J connectivity index is 1.54. The van der Waals surface area contributed by atoms with Crippen molar-refractivity contribution in [2.24, 2.45) is 0 Å². The number of para-hydroxylation sites is 1. The fourth-order valence-electron chi connectivity index (χ4n) is 5.22. The first-order chi connectivity index (χ1) is 15.3. The Bertz CT molecular complexity index is 1400. The van der Waals surface area contributed by atoms with E-state index in [1.807, 2.05) is 18.3 Å². The first-order valence-electron chi connectivity index (χ1n) is 11.0. The van der Waals surface area contributed by atoms with Gasteiger partial charge in [-0.2, -0.15) is 0 Å². The lowest BCUT2D eigenvalue weighted by Gasteiger charge is -2.26. The third kappa shape index (κ3) is 3.26. The van der Waals surface area contributed by atoms with Crippen LogP contribution in [-0.4, -0.2) is 9.97 Å². The van der Waals surface area contributed by atoms with Crippen LogP contribution in [0.4, 0.5) is 0 Å². The van der Waals surface area contributed by atoms with Crippen molar-refractivity contribution < 1.29 is 0 Å². The molecule has 3 aromatic carbocycles. The lowest BCUT2D eigenvalue weighted by Crippen LogP contribution is -2.08. The predicted molar refractivity (Wildman–Crippen MR) is 129 cm³/mol. The molecule has 0 saturated heterocycles. The number of aryl methyl sites for hydroxylation is 1. The highest BCUT2D eigenvalue weighted by Crippen LogP contribution is 2.41. The zero-order valence-electron chi connectivity index (χ0n) is 17.4. The minimum atomic E-state index is 0.511. The molecule has 0 radical (unpaired) electrons. The van der Waals surface area contributed by atoms with Crippen LogP contribution in [-0.2, 0) is 18.7 Å². The number of allylic oxidation sites excluding steroid dienone is 4. The van der Waals surface area contributed by atoms with E-state index < -0.39 is 0 Å². The number of halogens is 1. The van der Waals surface area contributed by atoms with Crippen molar-refractivity contribution in [1.29, 1.82) is 0 Å². The molecule has 0 fully saturated rings. The van der Waals surface area contributed by atoms with Crippen molar-refractivity contribution >= 4 is 38.8 Å². The average Bonchev–Trinajstić information content (AvgIpc) is 2.83. The Morgan fingerprint density at radius 1 is 0.935 bits per heavy atom. The maximum atomic E-state index is 6.27. The molecule has 1 aromatic heterocycles. The average molecular weight is 423 g/mol. The van der Waals surface area contributed by atoms with Crippen LogP contribution >= 0.6 is 11.6 Å². The summed E-state index contributed by atoms with van der Waals surface area (Å²) in [6.07, 6.45) is 11.9. The molecule has 3 heteroatoms. The van der Waals surface area contributed by atoms with E-state index >= 15 is 0 Å². The second-order valence-corrected chi connectivity index (χ2v) is 8.83. The summed E-state index contributed by atoms with van der Waals surface area (Å²) in [6.45, 7) is 0. The van der Waals surface area contributed by atoms with Crippen LogP contribution in [0.15, 0.2) is 72.5 Å². The Labute approximate surface area is 187 Å². The molecule has 0 bridgehead atoms. The second kappa shape index (κ2) is 7.62. The van der Waals surface area contributed by atoms with Gasteiger partial charge in [-0.25, -0.2) is 9.97 Å². The van der Waals surface area contributed by atoms with E-state index in [0.717, 1.165) is 35.1 Å². The first kappa shape index (κ1) is 18.8. The maximum Gasteiger partial charge on any atom is 0.133 e. The van der Waals surface area contributed by atoms with Gasteiger partial charge in [-0.3, -0.25) is 0 Å². The summed E-state index contributed by atoms with van der Waals surface area (Å²) < 4.78 is 0. The number of nitrogens with zero attached hydrogens (tertiary/aromatic N) is 2. The molecular formula is C28H23ClN2. The van der Waals surface area contributed by atoms with E-state index in [0.29, 0.717) is 12.3 Å². The molecule has 0 saturated carbocycles. The van der Waals surface area contributed by atoms with Crippen molar-refractivity contribution in [1.82, 2.24) is 9.97 Å². The monoisotopic (exact) mass is 422 g/mol. The molecule has 2 aliphatic rings. The van der Waals surface area contributed by atoms with Gasteiger partial charge in [0.25, 0.3) is 0 Å². The smallest absolute Gasteiger partial charge is 0.133 e. The fourth-order valence-corrected chi connectivity index (χ4v) is 5.38. The Hall–Kier alpha value is -2.97. The Morgan fingerprint density at radius 2 is 1.87 bits per heavy atom. The quantitative estimate of drug-likeness (QED) is 0.327. The lowest BCUT2D eigenvalue weighted by atomic mass is 9.78. The molecule has 0 aliphatic heterocycles. The molecule has 2 nitrogen and oxygen atoms in total. The molecular weight excluding hydrogens is 400 g/mol. The van der Waals surface area contributed by atoms with Gasteiger partial charge in [-0.15, -0.1) is 11.6 Å². The molecule has 152 valence electrons. The normalized spacial score (nSPS) is 15.4. The zero-order chi connectivity index (χ0) is 20.8. The number of fused-ring (bicyclic) bond motifs is 5. The number of benzene rings is 3. The van der Waals surface area contributed by atoms with Crippen molar-refractivity contribution in [2.75, 3.05) is 0 Å². The topological polar surface area (TPSA) is 25.8 Å². The number of rotatable bonds is 3. The molecule has 31 heavy (non-hydrogen) atoms. The molecule has 0 unspecified atom stereocenters. The highest BCUT2D eigenvalue weighted by atomic mass is 35.5. The molecule has 0 spiro atoms. The van der Waals surface area contributed by atoms with Gasteiger partial charge < -0.3 is 0 Å². The van der Waals surface area contributed by atoms with Crippen LogP contribution in [0.1, 0.15) is 47.3 Å². The number of hydrogen-bond donors (Lipinski definition) is 0. The van der Waals surface area contributed by atoms with Gasteiger partial charge in [0.05, 0.1) is 5.52 Å². The minimum Gasteiger partial charge on any atom is -0.240 e. The summed E-state index contributed by atoms with van der Waals surface area (Å²) in [5.41, 5.74) is 9.37. The number of hydrogen-bond acceptors (Lipinski definition) is 2. The third-order valence-electron chi connectivity index (χ3n) is 6.65. The third-order valence-corrected chi connectivity index (χ3v) is 6.96. The lowest BCUT2D eigenvalue weighted by molar-refractivity contribution is 0.830. The van der Waals surface area contributed by atoms with Gasteiger partial charge in [-0.1, -0.05) is 54.1 Å². The maximum absolute atomic E-state index is 6.27. The van der Waals surface area contributed by atoms with Crippen LogP contribution in [0, 0.1) is 0 Å². The molecule has 0 N–H and O–H groups in total. The van der Waals surface area contributed by atoms with Gasteiger partial charge in [0.1, 0.15) is 5.82 Å². The van der Waals surface area contributed by atoms with Crippen LogP contribution in [0.2, 0.25) is 0 Å². The van der Waals surface area contributed by atoms with Gasteiger partial charge in [0.15, 0.2) is 0 Å². The van der Waals surface area contributed by atoms with Crippen molar-refractivity contribution in [3.05, 3.63) is 101 Å². The largest absolute Gasteiger partial charge is 0.240 e. The van der Waals surface area contributed by atoms with Crippen molar-refractivity contribution in [3.8, 4) is 0 Å². The van der Waals surface area contributed by atoms with E-state index in [-0.39, 0.29) is 0 Å². The minimum absolute atomic E-state index is 0.511. The Kier molecular flexibility index (Phi) is 4.61.